The van der Waals surface area contributed by atoms with Gasteiger partial charge in [0.25, 0.3) is 5.91 Å². The summed E-state index contributed by atoms with van der Waals surface area (Å²) in [5.41, 5.74) is 6.09. The Bertz CT molecular complexity index is 851. The number of hydrogen-bond donors (Lipinski definition) is 1. The summed E-state index contributed by atoms with van der Waals surface area (Å²) in [6.45, 7) is 10.9. The predicted octanol–water partition coefficient (Wildman–Crippen LogP) is 3.53. The second kappa shape index (κ2) is 9.63. The number of anilines is 1. The third-order valence-electron chi connectivity index (χ3n) is 6.43. The molecule has 0 bridgehead atoms. The molecule has 0 radical (unpaired) electrons. The molecule has 5 nitrogen and oxygen atoms in total. The third kappa shape index (κ3) is 5.02. The zero-order chi connectivity index (χ0) is 20.9. The number of rotatable bonds is 6. The van der Waals surface area contributed by atoms with Gasteiger partial charge in [-0.2, -0.15) is 0 Å². The Kier molecular flexibility index (Phi) is 6.70. The highest BCUT2D eigenvalue weighted by Crippen LogP contribution is 2.24. The van der Waals surface area contributed by atoms with E-state index in [-0.39, 0.29) is 12.0 Å². The summed E-state index contributed by atoms with van der Waals surface area (Å²) in [5, 5.41) is 2.99. The molecule has 0 saturated carbocycles. The van der Waals surface area contributed by atoms with Crippen LogP contribution in [-0.2, 0) is 11.3 Å². The van der Waals surface area contributed by atoms with Gasteiger partial charge in [0.2, 0.25) is 0 Å². The molecule has 2 aromatic rings. The molecule has 2 aromatic carbocycles. The fraction of sp³-hybridized carbons (Fsp3) is 0.480. The van der Waals surface area contributed by atoms with Gasteiger partial charge in [0.05, 0.1) is 6.10 Å². The van der Waals surface area contributed by atoms with Crippen molar-refractivity contribution >= 4 is 11.6 Å². The zero-order valence-electron chi connectivity index (χ0n) is 18.2. The van der Waals surface area contributed by atoms with E-state index in [1.54, 1.807) is 0 Å². The normalized spacial score (nSPS) is 19.8. The molecular weight excluding hydrogens is 374 g/mol. The molecule has 30 heavy (non-hydrogen) atoms. The average Bonchev–Trinajstić information content (AvgIpc) is 3.29. The number of nitrogens with zero attached hydrogens (tertiary/aromatic N) is 2. The molecular formula is C25H33N3O2. The van der Waals surface area contributed by atoms with E-state index in [1.165, 1.54) is 22.4 Å². The molecule has 2 aliphatic heterocycles. The fourth-order valence-electron chi connectivity index (χ4n) is 4.36. The molecule has 4 rings (SSSR count). The Labute approximate surface area is 180 Å². The summed E-state index contributed by atoms with van der Waals surface area (Å²) in [4.78, 5) is 17.3. The van der Waals surface area contributed by atoms with Crippen molar-refractivity contribution in [2.45, 2.75) is 39.3 Å². The van der Waals surface area contributed by atoms with Gasteiger partial charge in [0.15, 0.2) is 0 Å². The highest BCUT2D eigenvalue weighted by molar-refractivity contribution is 5.94. The third-order valence-corrected chi connectivity index (χ3v) is 6.43. The van der Waals surface area contributed by atoms with Crippen LogP contribution in [0.1, 0.15) is 39.9 Å². The number of benzene rings is 2. The number of carbonyl (C=O) groups excluding carboxylic acids is 1. The first-order chi connectivity index (χ1) is 14.6. The monoisotopic (exact) mass is 407 g/mol. The van der Waals surface area contributed by atoms with Crippen molar-refractivity contribution in [3.8, 4) is 0 Å². The smallest absolute Gasteiger partial charge is 0.251 e. The van der Waals surface area contributed by atoms with Gasteiger partial charge in [0, 0.05) is 57.1 Å². The van der Waals surface area contributed by atoms with Crippen molar-refractivity contribution in [3.05, 3.63) is 64.7 Å². The number of nitrogens with one attached hydrogen (secondary N) is 1. The van der Waals surface area contributed by atoms with Crippen molar-refractivity contribution in [2.75, 3.05) is 44.2 Å². The molecule has 1 amide bonds. The topological polar surface area (TPSA) is 44.8 Å². The summed E-state index contributed by atoms with van der Waals surface area (Å²) in [6, 6.07) is 14.6. The Morgan fingerprint density at radius 2 is 1.83 bits per heavy atom. The zero-order valence-corrected chi connectivity index (χ0v) is 18.2. The predicted molar refractivity (Wildman–Crippen MR) is 121 cm³/mol. The van der Waals surface area contributed by atoms with E-state index in [4.69, 9.17) is 4.74 Å². The fourth-order valence-corrected chi connectivity index (χ4v) is 4.36. The lowest BCUT2D eigenvalue weighted by atomic mass is 10.1. The lowest BCUT2D eigenvalue weighted by Gasteiger charge is -2.37. The Balaban J connectivity index is 1.26. The quantitative estimate of drug-likeness (QED) is 0.796. The van der Waals surface area contributed by atoms with Crippen LogP contribution in [0.15, 0.2) is 42.5 Å². The number of ether oxygens (including phenoxy) is 1. The van der Waals surface area contributed by atoms with E-state index < -0.39 is 0 Å². The van der Waals surface area contributed by atoms with Crippen LogP contribution in [0, 0.1) is 13.8 Å². The van der Waals surface area contributed by atoms with Crippen molar-refractivity contribution in [2.24, 2.45) is 0 Å². The Morgan fingerprint density at radius 3 is 2.53 bits per heavy atom. The SMILES string of the molecule is Cc1cccc(N2CCN(Cc3ccc(C(=O)NCC4CCCO4)cc3)CC2)c1C. The number of aryl methyl sites for hydroxylation is 1. The van der Waals surface area contributed by atoms with E-state index in [0.29, 0.717) is 6.54 Å². The van der Waals surface area contributed by atoms with E-state index in [2.05, 4.69) is 59.3 Å². The maximum absolute atomic E-state index is 12.3. The first kappa shape index (κ1) is 20.9. The minimum Gasteiger partial charge on any atom is -0.376 e. The standard InChI is InChI=1S/C25H33N3O2/c1-19-5-3-7-24(20(19)2)28-14-12-27(13-15-28)18-21-8-10-22(11-9-21)25(29)26-17-23-6-4-16-30-23/h3,5,7-11,23H,4,6,12-18H2,1-2H3,(H,26,29). The summed E-state index contributed by atoms with van der Waals surface area (Å²) in [6.07, 6.45) is 2.31. The van der Waals surface area contributed by atoms with Gasteiger partial charge in [0.1, 0.15) is 0 Å². The van der Waals surface area contributed by atoms with Crippen LogP contribution in [-0.4, -0.2) is 56.2 Å². The minimum atomic E-state index is -0.0146. The Morgan fingerprint density at radius 1 is 1.07 bits per heavy atom. The molecule has 0 spiro atoms. The van der Waals surface area contributed by atoms with E-state index in [1.807, 2.05) is 12.1 Å². The van der Waals surface area contributed by atoms with Gasteiger partial charge < -0.3 is 15.0 Å². The molecule has 2 aliphatic rings. The van der Waals surface area contributed by atoms with Crippen LogP contribution in [0.3, 0.4) is 0 Å². The molecule has 160 valence electrons. The summed E-state index contributed by atoms with van der Waals surface area (Å²) >= 11 is 0. The van der Waals surface area contributed by atoms with Crippen LogP contribution < -0.4 is 10.2 Å². The van der Waals surface area contributed by atoms with Crippen LogP contribution in [0.4, 0.5) is 5.69 Å². The summed E-state index contributed by atoms with van der Waals surface area (Å²) in [7, 11) is 0. The number of carbonyl (C=O) groups is 1. The van der Waals surface area contributed by atoms with Crippen molar-refractivity contribution < 1.29 is 9.53 Å². The second-order valence-corrected chi connectivity index (χ2v) is 8.52. The molecule has 0 aliphatic carbocycles. The summed E-state index contributed by atoms with van der Waals surface area (Å²) < 4.78 is 5.57. The van der Waals surface area contributed by atoms with Gasteiger partial charge in [-0.15, -0.1) is 0 Å². The molecule has 2 fully saturated rings. The van der Waals surface area contributed by atoms with Gasteiger partial charge in [-0.25, -0.2) is 0 Å². The lowest BCUT2D eigenvalue weighted by molar-refractivity contribution is 0.0858. The van der Waals surface area contributed by atoms with Gasteiger partial charge >= 0.3 is 0 Å². The van der Waals surface area contributed by atoms with Crippen LogP contribution in [0.2, 0.25) is 0 Å². The molecule has 5 heteroatoms. The van der Waals surface area contributed by atoms with E-state index >= 15 is 0 Å². The van der Waals surface area contributed by atoms with Crippen molar-refractivity contribution in [1.82, 2.24) is 10.2 Å². The van der Waals surface area contributed by atoms with E-state index in [0.717, 1.165) is 57.7 Å². The molecule has 0 aromatic heterocycles. The maximum Gasteiger partial charge on any atom is 0.251 e. The Hall–Kier alpha value is -2.37. The first-order valence-electron chi connectivity index (χ1n) is 11.1. The second-order valence-electron chi connectivity index (χ2n) is 8.52. The lowest BCUT2D eigenvalue weighted by Crippen LogP contribution is -2.46. The summed E-state index contributed by atoms with van der Waals surface area (Å²) in [5.74, 6) is -0.0146. The van der Waals surface area contributed by atoms with Crippen LogP contribution in [0.25, 0.3) is 0 Å². The molecule has 1 atom stereocenters. The number of piperazine rings is 1. The molecule has 1 unspecified atom stereocenters. The maximum atomic E-state index is 12.3. The van der Waals surface area contributed by atoms with Crippen molar-refractivity contribution in [1.29, 1.82) is 0 Å². The molecule has 1 N–H and O–H groups in total. The minimum absolute atomic E-state index is 0.0146. The van der Waals surface area contributed by atoms with Crippen LogP contribution >= 0.6 is 0 Å². The van der Waals surface area contributed by atoms with Crippen molar-refractivity contribution in [3.63, 3.8) is 0 Å². The van der Waals surface area contributed by atoms with Crippen LogP contribution in [0.5, 0.6) is 0 Å². The molecule has 2 saturated heterocycles. The molecule has 2 heterocycles. The first-order valence-corrected chi connectivity index (χ1v) is 11.1. The van der Waals surface area contributed by atoms with E-state index in [9.17, 15) is 4.79 Å². The average molecular weight is 408 g/mol. The highest BCUT2D eigenvalue weighted by Gasteiger charge is 2.19. The number of hydrogen-bond acceptors (Lipinski definition) is 4. The number of amides is 1. The largest absolute Gasteiger partial charge is 0.376 e. The van der Waals surface area contributed by atoms with Gasteiger partial charge in [-0.05, 0) is 61.6 Å². The highest BCUT2D eigenvalue weighted by atomic mass is 16.5. The van der Waals surface area contributed by atoms with Gasteiger partial charge in [-0.3, -0.25) is 9.69 Å². The van der Waals surface area contributed by atoms with Gasteiger partial charge in [-0.1, -0.05) is 24.3 Å².